The third kappa shape index (κ3) is 4.11. The lowest BCUT2D eigenvalue weighted by molar-refractivity contribution is -0.133. The summed E-state index contributed by atoms with van der Waals surface area (Å²) in [5.41, 5.74) is 1.94. The molecule has 2 heterocycles. The summed E-state index contributed by atoms with van der Waals surface area (Å²) in [5, 5.41) is 4.60. The number of hydrogen-bond acceptors (Lipinski definition) is 3. The Bertz CT molecular complexity index is 1070. The summed E-state index contributed by atoms with van der Waals surface area (Å²) < 4.78 is 26.8. The van der Waals surface area contributed by atoms with E-state index in [4.69, 9.17) is 0 Å². The van der Waals surface area contributed by atoms with Gasteiger partial charge in [-0.3, -0.25) is 9.59 Å². The average molecular weight is 426 g/mol. The maximum Gasteiger partial charge on any atom is 0.254 e. The topological polar surface area (TPSA) is 49.4 Å². The third-order valence-corrected chi connectivity index (χ3v) is 6.20. The molecule has 0 unspecified atom stereocenters. The Morgan fingerprint density at radius 1 is 1.10 bits per heavy atom. The van der Waals surface area contributed by atoms with Gasteiger partial charge in [0.2, 0.25) is 5.91 Å². The first-order valence-electron chi connectivity index (χ1n) is 9.68. The number of benzene rings is 2. The summed E-state index contributed by atoms with van der Waals surface area (Å²) in [6.45, 7) is 0.676. The number of hydrogen-bond donors (Lipinski definition) is 1. The van der Waals surface area contributed by atoms with Crippen molar-refractivity contribution in [2.45, 2.75) is 18.9 Å². The monoisotopic (exact) mass is 426 g/mol. The van der Waals surface area contributed by atoms with Crippen molar-refractivity contribution >= 4 is 23.2 Å². The van der Waals surface area contributed by atoms with Crippen LogP contribution in [0.4, 0.5) is 8.78 Å². The number of rotatable bonds is 5. The highest BCUT2D eigenvalue weighted by molar-refractivity contribution is 7.10. The van der Waals surface area contributed by atoms with Gasteiger partial charge in [0.25, 0.3) is 5.91 Å². The number of nitrogens with zero attached hydrogens (tertiary/aromatic N) is 1. The Labute approximate surface area is 177 Å². The fourth-order valence-corrected chi connectivity index (χ4v) is 4.68. The van der Waals surface area contributed by atoms with Gasteiger partial charge < -0.3 is 10.2 Å². The van der Waals surface area contributed by atoms with E-state index in [1.54, 1.807) is 11.3 Å². The molecule has 0 saturated heterocycles. The molecule has 1 atom stereocenters. The van der Waals surface area contributed by atoms with Gasteiger partial charge in [-0.25, -0.2) is 8.78 Å². The first-order chi connectivity index (χ1) is 14.5. The minimum atomic E-state index is -0.927. The molecule has 1 aliphatic rings. The zero-order valence-corrected chi connectivity index (χ0v) is 16.9. The third-order valence-electron chi connectivity index (χ3n) is 5.20. The number of halogens is 2. The van der Waals surface area contributed by atoms with E-state index in [0.717, 1.165) is 29.7 Å². The van der Waals surface area contributed by atoms with Gasteiger partial charge in [0.15, 0.2) is 0 Å². The Morgan fingerprint density at radius 2 is 1.90 bits per heavy atom. The Morgan fingerprint density at radius 3 is 2.67 bits per heavy atom. The molecule has 1 aliphatic heterocycles. The fourth-order valence-electron chi connectivity index (χ4n) is 3.78. The molecule has 4 nitrogen and oxygen atoms in total. The number of carbonyl (C=O) groups excluding carboxylic acids is 2. The van der Waals surface area contributed by atoms with Crippen molar-refractivity contribution in [3.63, 3.8) is 0 Å². The molecule has 2 aromatic carbocycles. The van der Waals surface area contributed by atoms with Crippen molar-refractivity contribution in [3.05, 3.63) is 93.2 Å². The second-order valence-corrected chi connectivity index (χ2v) is 8.08. The van der Waals surface area contributed by atoms with Gasteiger partial charge in [-0.2, -0.15) is 0 Å². The Hall–Kier alpha value is -3.06. The molecular weight excluding hydrogens is 406 g/mol. The molecule has 0 fully saturated rings. The first kappa shape index (κ1) is 20.2. The molecule has 0 spiro atoms. The molecular formula is C23H20F2N2O2S. The molecule has 0 saturated carbocycles. The minimum absolute atomic E-state index is 0.0724. The molecule has 4 rings (SSSR count). The number of carbonyl (C=O) groups is 2. The predicted molar refractivity (Wildman–Crippen MR) is 111 cm³/mol. The standard InChI is InChI=1S/C23H20F2N2O2S/c24-16-6-7-17(19(25)14-16)23(29)26-11-8-21(28)27-12-9-20-18(10-13-30-20)22(27)15-4-2-1-3-5-15/h1-7,10,13-14,22H,8-9,11-12H2,(H,26,29)/t22-/m1/s1. The van der Waals surface area contributed by atoms with Crippen LogP contribution < -0.4 is 5.32 Å². The van der Waals surface area contributed by atoms with Crippen LogP contribution in [0.25, 0.3) is 0 Å². The van der Waals surface area contributed by atoms with Crippen molar-refractivity contribution in [2.75, 3.05) is 13.1 Å². The van der Waals surface area contributed by atoms with Crippen LogP contribution in [0.3, 0.4) is 0 Å². The number of nitrogens with one attached hydrogen (secondary N) is 1. The summed E-state index contributed by atoms with van der Waals surface area (Å²) in [7, 11) is 0. The second kappa shape index (κ2) is 8.75. The molecule has 2 amide bonds. The highest BCUT2D eigenvalue weighted by Crippen LogP contribution is 2.37. The summed E-state index contributed by atoms with van der Waals surface area (Å²) in [6.07, 6.45) is 0.895. The van der Waals surface area contributed by atoms with Crippen molar-refractivity contribution in [2.24, 2.45) is 0 Å². The van der Waals surface area contributed by atoms with Crippen LogP contribution in [-0.2, 0) is 11.2 Å². The smallest absolute Gasteiger partial charge is 0.254 e. The highest BCUT2D eigenvalue weighted by atomic mass is 32.1. The normalized spacial score (nSPS) is 15.5. The SMILES string of the molecule is O=C(NCCC(=O)N1CCc2sccc2[C@H]1c1ccccc1)c1ccc(F)cc1F. The van der Waals surface area contributed by atoms with Crippen LogP contribution in [-0.4, -0.2) is 29.8 Å². The quantitative estimate of drug-likeness (QED) is 0.661. The van der Waals surface area contributed by atoms with Crippen LogP contribution in [0, 0.1) is 11.6 Å². The zero-order valence-electron chi connectivity index (χ0n) is 16.1. The largest absolute Gasteiger partial charge is 0.351 e. The van der Waals surface area contributed by atoms with Gasteiger partial charge in [0.1, 0.15) is 11.6 Å². The van der Waals surface area contributed by atoms with Gasteiger partial charge in [0, 0.05) is 30.5 Å². The van der Waals surface area contributed by atoms with Crippen LogP contribution in [0.1, 0.15) is 38.8 Å². The molecule has 1 N–H and O–H groups in total. The second-order valence-electron chi connectivity index (χ2n) is 7.08. The highest BCUT2D eigenvalue weighted by Gasteiger charge is 2.32. The van der Waals surface area contributed by atoms with E-state index in [1.165, 1.54) is 4.88 Å². The van der Waals surface area contributed by atoms with Crippen molar-refractivity contribution in [1.82, 2.24) is 10.2 Å². The molecule has 7 heteroatoms. The maximum absolute atomic E-state index is 13.8. The lowest BCUT2D eigenvalue weighted by Crippen LogP contribution is -2.41. The van der Waals surface area contributed by atoms with Gasteiger partial charge in [-0.05, 0) is 41.1 Å². The summed E-state index contributed by atoms with van der Waals surface area (Å²) in [6, 6.07) is 14.6. The first-order valence-corrected chi connectivity index (χ1v) is 10.6. The van der Waals surface area contributed by atoms with Crippen molar-refractivity contribution < 1.29 is 18.4 Å². The van der Waals surface area contributed by atoms with E-state index in [1.807, 2.05) is 40.6 Å². The van der Waals surface area contributed by atoms with E-state index in [9.17, 15) is 18.4 Å². The lowest BCUT2D eigenvalue weighted by Gasteiger charge is -2.36. The van der Waals surface area contributed by atoms with E-state index < -0.39 is 17.5 Å². The number of amides is 2. The predicted octanol–water partition coefficient (Wildman–Crippen LogP) is 4.32. The van der Waals surface area contributed by atoms with E-state index >= 15 is 0 Å². The minimum Gasteiger partial charge on any atom is -0.351 e. The summed E-state index contributed by atoms with van der Waals surface area (Å²) in [5.74, 6) is -2.42. The molecule has 0 radical (unpaired) electrons. The average Bonchev–Trinajstić information content (AvgIpc) is 3.22. The number of fused-ring (bicyclic) bond motifs is 1. The molecule has 30 heavy (non-hydrogen) atoms. The van der Waals surface area contributed by atoms with E-state index in [-0.39, 0.29) is 30.5 Å². The molecule has 0 bridgehead atoms. The molecule has 0 aliphatic carbocycles. The fraction of sp³-hybridized carbons (Fsp3) is 0.217. The molecule has 154 valence electrons. The Kier molecular flexibility index (Phi) is 5.90. The van der Waals surface area contributed by atoms with Gasteiger partial charge >= 0.3 is 0 Å². The van der Waals surface area contributed by atoms with Crippen molar-refractivity contribution in [3.8, 4) is 0 Å². The van der Waals surface area contributed by atoms with E-state index in [2.05, 4.69) is 11.4 Å². The van der Waals surface area contributed by atoms with E-state index in [0.29, 0.717) is 12.6 Å². The lowest BCUT2D eigenvalue weighted by atomic mass is 9.93. The number of thiophene rings is 1. The van der Waals surface area contributed by atoms with Gasteiger partial charge in [0.05, 0.1) is 11.6 Å². The molecule has 1 aromatic heterocycles. The zero-order chi connectivity index (χ0) is 21.1. The van der Waals surface area contributed by atoms with Crippen LogP contribution >= 0.6 is 11.3 Å². The van der Waals surface area contributed by atoms with Gasteiger partial charge in [-0.15, -0.1) is 11.3 Å². The van der Waals surface area contributed by atoms with Crippen LogP contribution in [0.15, 0.2) is 60.0 Å². The van der Waals surface area contributed by atoms with Crippen molar-refractivity contribution in [1.29, 1.82) is 0 Å². The van der Waals surface area contributed by atoms with Crippen LogP contribution in [0.5, 0.6) is 0 Å². The maximum atomic E-state index is 13.8. The summed E-state index contributed by atoms with van der Waals surface area (Å²) >= 11 is 1.70. The summed E-state index contributed by atoms with van der Waals surface area (Å²) in [4.78, 5) is 28.3. The van der Waals surface area contributed by atoms with Crippen LogP contribution in [0.2, 0.25) is 0 Å². The molecule has 3 aromatic rings. The van der Waals surface area contributed by atoms with Gasteiger partial charge in [-0.1, -0.05) is 30.3 Å². The Balaban J connectivity index is 1.44.